The molecule has 64 valence electrons. The van der Waals surface area contributed by atoms with Crippen molar-refractivity contribution in [3.63, 3.8) is 0 Å². The Morgan fingerprint density at radius 2 is 2.08 bits per heavy atom. The Morgan fingerprint density at radius 3 is 2.85 bits per heavy atom. The molecule has 0 unspecified atom stereocenters. The molecule has 0 aliphatic heterocycles. The molecule has 0 fully saturated rings. The third-order valence-corrected chi connectivity index (χ3v) is 1.49. The lowest BCUT2D eigenvalue weighted by Crippen LogP contribution is -1.88. The quantitative estimate of drug-likeness (QED) is 0.621. The fraction of sp³-hybridized carbons (Fsp3) is 0. The van der Waals surface area contributed by atoms with E-state index in [-0.39, 0.29) is 11.5 Å². The smallest absolute Gasteiger partial charge is 0.207 e. The number of aromatic nitrogens is 3. The van der Waals surface area contributed by atoms with Gasteiger partial charge < -0.3 is 0 Å². The molecule has 0 aliphatic carbocycles. The highest BCUT2D eigenvalue weighted by atomic mass is 19.1. The number of benzene rings is 1. The van der Waals surface area contributed by atoms with Crippen LogP contribution < -0.4 is 0 Å². The van der Waals surface area contributed by atoms with Gasteiger partial charge >= 0.3 is 5.95 Å². The largest absolute Gasteiger partial charge is 0.310 e. The van der Waals surface area contributed by atoms with Crippen molar-refractivity contribution in [2.24, 2.45) is 5.18 Å². The normalized spacial score (nSPS) is 10.2. The first-order chi connectivity index (χ1) is 6.29. The van der Waals surface area contributed by atoms with Gasteiger partial charge in [-0.25, -0.2) is 9.37 Å². The van der Waals surface area contributed by atoms with Gasteiger partial charge in [0.2, 0.25) is 0 Å². The Labute approximate surface area is 71.6 Å². The third-order valence-electron chi connectivity index (χ3n) is 1.49. The van der Waals surface area contributed by atoms with Gasteiger partial charge in [-0.2, -0.15) is 0 Å². The molecule has 5 nitrogen and oxygen atoms in total. The molecule has 0 bridgehead atoms. The van der Waals surface area contributed by atoms with E-state index in [0.717, 1.165) is 0 Å². The first kappa shape index (κ1) is 7.66. The molecular weight excluding hydrogens is 175 g/mol. The fourth-order valence-electron chi connectivity index (χ4n) is 0.938. The topological polar surface area (TPSA) is 68.1 Å². The molecule has 1 aromatic heterocycles. The molecule has 6 heteroatoms. The zero-order chi connectivity index (χ0) is 9.26. The molecule has 0 radical (unpaired) electrons. The average Bonchev–Trinajstić information content (AvgIpc) is 2.16. The van der Waals surface area contributed by atoms with Crippen LogP contribution in [0.4, 0.5) is 10.3 Å². The third kappa shape index (κ3) is 1.33. The lowest BCUT2D eigenvalue weighted by molar-refractivity contribution is 0.629. The minimum atomic E-state index is -0.440. The SMILES string of the molecule is O=Nc1nnc2ccc(F)cc2n1. The molecule has 0 spiro atoms. The highest BCUT2D eigenvalue weighted by Crippen LogP contribution is 2.12. The van der Waals surface area contributed by atoms with E-state index in [9.17, 15) is 9.30 Å². The van der Waals surface area contributed by atoms with Gasteiger partial charge in [0.1, 0.15) is 11.3 Å². The molecule has 13 heavy (non-hydrogen) atoms. The van der Waals surface area contributed by atoms with E-state index in [1.165, 1.54) is 18.2 Å². The number of nitroso groups, excluding NO2 is 1. The van der Waals surface area contributed by atoms with Crippen LogP contribution in [0.25, 0.3) is 11.0 Å². The van der Waals surface area contributed by atoms with Crippen LogP contribution in [-0.2, 0) is 0 Å². The van der Waals surface area contributed by atoms with Gasteiger partial charge in [-0.1, -0.05) is 0 Å². The first-order valence-electron chi connectivity index (χ1n) is 3.43. The zero-order valence-corrected chi connectivity index (χ0v) is 6.31. The van der Waals surface area contributed by atoms with Gasteiger partial charge in [0.25, 0.3) is 0 Å². The highest BCUT2D eigenvalue weighted by Gasteiger charge is 2.01. The second-order valence-electron chi connectivity index (χ2n) is 2.34. The second-order valence-corrected chi connectivity index (χ2v) is 2.34. The average molecular weight is 178 g/mol. The maximum Gasteiger partial charge on any atom is 0.310 e. The summed E-state index contributed by atoms with van der Waals surface area (Å²) in [5.74, 6) is -0.733. The minimum absolute atomic E-state index is 0.268. The number of nitrogens with zero attached hydrogens (tertiary/aromatic N) is 4. The van der Waals surface area contributed by atoms with E-state index in [2.05, 4.69) is 20.4 Å². The maximum absolute atomic E-state index is 12.7. The van der Waals surface area contributed by atoms with Crippen molar-refractivity contribution >= 4 is 17.0 Å². The molecule has 0 N–H and O–H groups in total. The van der Waals surface area contributed by atoms with Crippen molar-refractivity contribution < 1.29 is 4.39 Å². The molecule has 0 atom stereocenters. The van der Waals surface area contributed by atoms with Crippen LogP contribution in [0.5, 0.6) is 0 Å². The summed E-state index contributed by atoms with van der Waals surface area (Å²) in [4.78, 5) is 13.7. The van der Waals surface area contributed by atoms with Crippen LogP contribution in [0, 0.1) is 10.7 Å². The van der Waals surface area contributed by atoms with Crippen LogP contribution in [0.2, 0.25) is 0 Å². The molecule has 0 saturated carbocycles. The van der Waals surface area contributed by atoms with Gasteiger partial charge in [0.15, 0.2) is 0 Å². The summed E-state index contributed by atoms with van der Waals surface area (Å²) in [5, 5.41) is 9.51. The van der Waals surface area contributed by atoms with E-state index in [1.807, 2.05) is 0 Å². The van der Waals surface area contributed by atoms with Crippen LogP contribution in [0.1, 0.15) is 0 Å². The van der Waals surface area contributed by atoms with Gasteiger partial charge in [0.05, 0.1) is 5.52 Å². The second kappa shape index (κ2) is 2.81. The lowest BCUT2D eigenvalue weighted by Gasteiger charge is -1.94. The Bertz CT molecular complexity index is 473. The number of fused-ring (bicyclic) bond motifs is 1. The Kier molecular flexibility index (Phi) is 1.66. The van der Waals surface area contributed by atoms with Crippen LogP contribution in [0.15, 0.2) is 23.4 Å². The summed E-state index contributed by atoms with van der Waals surface area (Å²) >= 11 is 0. The Morgan fingerprint density at radius 1 is 1.23 bits per heavy atom. The summed E-state index contributed by atoms with van der Waals surface area (Å²) in [6, 6.07) is 3.84. The summed E-state index contributed by atoms with van der Waals surface area (Å²) in [5.41, 5.74) is 0.693. The predicted molar refractivity (Wildman–Crippen MR) is 42.7 cm³/mol. The molecule has 0 aliphatic rings. The number of rotatable bonds is 1. The van der Waals surface area contributed by atoms with Gasteiger partial charge in [-0.05, 0) is 12.1 Å². The van der Waals surface area contributed by atoms with Crippen molar-refractivity contribution in [3.05, 3.63) is 28.9 Å². The van der Waals surface area contributed by atoms with E-state index in [0.29, 0.717) is 5.52 Å². The summed E-state index contributed by atoms with van der Waals surface area (Å²) in [7, 11) is 0. The zero-order valence-electron chi connectivity index (χ0n) is 6.31. The van der Waals surface area contributed by atoms with Gasteiger partial charge in [-0.15, -0.1) is 15.1 Å². The van der Waals surface area contributed by atoms with Gasteiger partial charge in [0, 0.05) is 11.2 Å². The molecular formula is C7H3FN4O. The van der Waals surface area contributed by atoms with E-state index >= 15 is 0 Å². The summed E-state index contributed by atoms with van der Waals surface area (Å²) in [6.07, 6.45) is 0. The lowest BCUT2D eigenvalue weighted by atomic mass is 10.3. The standard InChI is InChI=1S/C7H3FN4O/c8-4-1-2-5-6(3-4)9-7(12-13)11-10-5/h1-3H. The van der Waals surface area contributed by atoms with E-state index in [1.54, 1.807) is 0 Å². The molecule has 1 aromatic carbocycles. The van der Waals surface area contributed by atoms with Crippen molar-refractivity contribution in [3.8, 4) is 0 Å². The number of halogens is 1. The summed E-state index contributed by atoms with van der Waals surface area (Å²) in [6.45, 7) is 0. The minimum Gasteiger partial charge on any atom is -0.207 e. The van der Waals surface area contributed by atoms with E-state index in [4.69, 9.17) is 0 Å². The molecule has 2 rings (SSSR count). The predicted octanol–water partition coefficient (Wildman–Crippen LogP) is 1.56. The molecule has 1 heterocycles. The van der Waals surface area contributed by atoms with Crippen molar-refractivity contribution in [2.75, 3.05) is 0 Å². The fourth-order valence-corrected chi connectivity index (χ4v) is 0.938. The summed E-state index contributed by atoms with van der Waals surface area (Å²) < 4.78 is 12.7. The Hall–Kier alpha value is -1.98. The molecule has 0 amide bonds. The maximum atomic E-state index is 12.7. The Balaban J connectivity index is 2.74. The van der Waals surface area contributed by atoms with Crippen molar-refractivity contribution in [2.45, 2.75) is 0 Å². The van der Waals surface area contributed by atoms with E-state index < -0.39 is 5.82 Å². The van der Waals surface area contributed by atoms with Crippen molar-refractivity contribution in [1.82, 2.24) is 15.2 Å². The number of hydrogen-bond donors (Lipinski definition) is 0. The highest BCUT2D eigenvalue weighted by molar-refractivity contribution is 5.73. The monoisotopic (exact) mass is 178 g/mol. The van der Waals surface area contributed by atoms with Crippen LogP contribution >= 0.6 is 0 Å². The van der Waals surface area contributed by atoms with Crippen LogP contribution in [0.3, 0.4) is 0 Å². The van der Waals surface area contributed by atoms with Crippen molar-refractivity contribution in [1.29, 1.82) is 0 Å². The molecule has 2 aromatic rings. The van der Waals surface area contributed by atoms with Gasteiger partial charge in [-0.3, -0.25) is 0 Å². The van der Waals surface area contributed by atoms with Crippen LogP contribution in [-0.4, -0.2) is 15.2 Å². The first-order valence-corrected chi connectivity index (χ1v) is 3.43. The number of hydrogen-bond acceptors (Lipinski definition) is 5. The molecule has 0 saturated heterocycles.